The van der Waals surface area contributed by atoms with E-state index in [1.54, 1.807) is 18.2 Å². The minimum absolute atomic E-state index is 0.145. The lowest BCUT2D eigenvalue weighted by atomic mass is 10.0. The Morgan fingerprint density at radius 2 is 1.81 bits per heavy atom. The van der Waals surface area contributed by atoms with Gasteiger partial charge in [0.25, 0.3) is 5.56 Å². The molecular formula is C20H18BrN3O2. The lowest BCUT2D eigenvalue weighted by Gasteiger charge is -2.10. The standard InChI is InChI=1S/C20H18BrN3O2/c1-13-3-8-17(14(2)11-13)18-9-10-20(26)24(23-18)12-19(25)22-16-6-4-15(21)5-7-16/h3-11H,12H2,1-2H3,(H,22,25). The number of nitrogens with one attached hydrogen (secondary N) is 1. The van der Waals surface area contributed by atoms with E-state index in [-0.39, 0.29) is 18.0 Å². The molecule has 132 valence electrons. The summed E-state index contributed by atoms with van der Waals surface area (Å²) in [5, 5.41) is 7.13. The fraction of sp³-hybridized carbons (Fsp3) is 0.150. The van der Waals surface area contributed by atoms with Crippen LogP contribution in [0.3, 0.4) is 0 Å². The number of halogens is 1. The summed E-state index contributed by atoms with van der Waals surface area (Å²) >= 11 is 3.35. The molecule has 0 atom stereocenters. The molecular weight excluding hydrogens is 394 g/mol. The molecule has 3 aromatic rings. The average Bonchev–Trinajstić information content (AvgIpc) is 2.59. The van der Waals surface area contributed by atoms with Crippen LogP contribution >= 0.6 is 15.9 Å². The fourth-order valence-electron chi connectivity index (χ4n) is 2.68. The van der Waals surface area contributed by atoms with Crippen LogP contribution in [-0.2, 0) is 11.3 Å². The predicted molar refractivity (Wildman–Crippen MR) is 106 cm³/mol. The zero-order valence-corrected chi connectivity index (χ0v) is 16.1. The molecule has 1 aromatic heterocycles. The quantitative estimate of drug-likeness (QED) is 0.707. The van der Waals surface area contributed by atoms with Crippen LogP contribution in [0.15, 0.2) is 63.9 Å². The molecule has 1 N–H and O–H groups in total. The monoisotopic (exact) mass is 411 g/mol. The van der Waals surface area contributed by atoms with Gasteiger partial charge in [-0.2, -0.15) is 5.10 Å². The van der Waals surface area contributed by atoms with Gasteiger partial charge in [0.15, 0.2) is 0 Å². The number of carbonyl (C=O) groups excluding carboxylic acids is 1. The zero-order chi connectivity index (χ0) is 18.7. The molecule has 6 heteroatoms. The van der Waals surface area contributed by atoms with Gasteiger partial charge in [-0.15, -0.1) is 0 Å². The van der Waals surface area contributed by atoms with Crippen LogP contribution in [0.4, 0.5) is 5.69 Å². The first-order valence-corrected chi connectivity index (χ1v) is 8.93. The van der Waals surface area contributed by atoms with E-state index < -0.39 is 0 Å². The number of nitrogens with zero attached hydrogens (tertiary/aromatic N) is 2. The third-order valence-electron chi connectivity index (χ3n) is 3.95. The summed E-state index contributed by atoms with van der Waals surface area (Å²) in [5.41, 5.74) is 4.19. The number of hydrogen-bond donors (Lipinski definition) is 1. The maximum Gasteiger partial charge on any atom is 0.267 e. The highest BCUT2D eigenvalue weighted by Crippen LogP contribution is 2.21. The molecule has 0 radical (unpaired) electrons. The van der Waals surface area contributed by atoms with Gasteiger partial charge in [-0.25, -0.2) is 4.68 Å². The Balaban J connectivity index is 1.82. The molecule has 0 aliphatic rings. The van der Waals surface area contributed by atoms with Gasteiger partial charge in [-0.3, -0.25) is 9.59 Å². The molecule has 0 bridgehead atoms. The van der Waals surface area contributed by atoms with Gasteiger partial charge in [0, 0.05) is 21.8 Å². The minimum Gasteiger partial charge on any atom is -0.324 e. The van der Waals surface area contributed by atoms with Crippen molar-refractivity contribution in [3.05, 3.63) is 80.6 Å². The summed E-state index contributed by atoms with van der Waals surface area (Å²) in [6.07, 6.45) is 0. The van der Waals surface area contributed by atoms with E-state index in [0.717, 1.165) is 21.2 Å². The second kappa shape index (κ2) is 7.66. The predicted octanol–water partition coefficient (Wildman–Crippen LogP) is 3.93. The van der Waals surface area contributed by atoms with Gasteiger partial charge in [-0.1, -0.05) is 39.7 Å². The second-order valence-electron chi connectivity index (χ2n) is 6.09. The van der Waals surface area contributed by atoms with Crippen molar-refractivity contribution in [2.24, 2.45) is 0 Å². The number of anilines is 1. The highest BCUT2D eigenvalue weighted by molar-refractivity contribution is 9.10. The molecule has 0 fully saturated rings. The number of carbonyl (C=O) groups is 1. The van der Waals surface area contributed by atoms with E-state index in [0.29, 0.717) is 11.4 Å². The normalized spacial score (nSPS) is 10.6. The second-order valence-corrected chi connectivity index (χ2v) is 7.00. The lowest BCUT2D eigenvalue weighted by molar-refractivity contribution is -0.117. The molecule has 0 saturated heterocycles. The highest BCUT2D eigenvalue weighted by atomic mass is 79.9. The maximum absolute atomic E-state index is 12.3. The number of aromatic nitrogens is 2. The Morgan fingerprint density at radius 3 is 2.50 bits per heavy atom. The Bertz CT molecular complexity index is 1010. The molecule has 1 heterocycles. The molecule has 2 aromatic carbocycles. The fourth-order valence-corrected chi connectivity index (χ4v) is 2.94. The zero-order valence-electron chi connectivity index (χ0n) is 14.5. The Morgan fingerprint density at radius 1 is 1.08 bits per heavy atom. The Labute approximate surface area is 159 Å². The van der Waals surface area contributed by atoms with Crippen molar-refractivity contribution in [2.45, 2.75) is 20.4 Å². The SMILES string of the molecule is Cc1ccc(-c2ccc(=O)n(CC(=O)Nc3ccc(Br)cc3)n2)c(C)c1. The molecule has 26 heavy (non-hydrogen) atoms. The van der Waals surface area contributed by atoms with Gasteiger partial charge in [0.2, 0.25) is 5.91 Å². The van der Waals surface area contributed by atoms with Gasteiger partial charge in [0.05, 0.1) is 5.69 Å². The van der Waals surface area contributed by atoms with Crippen LogP contribution in [-0.4, -0.2) is 15.7 Å². The topological polar surface area (TPSA) is 64.0 Å². The smallest absolute Gasteiger partial charge is 0.267 e. The average molecular weight is 412 g/mol. The van der Waals surface area contributed by atoms with Crippen LogP contribution < -0.4 is 10.9 Å². The molecule has 0 spiro atoms. The number of amides is 1. The lowest BCUT2D eigenvalue weighted by Crippen LogP contribution is -2.29. The summed E-state index contributed by atoms with van der Waals surface area (Å²) in [6, 6.07) is 16.4. The summed E-state index contributed by atoms with van der Waals surface area (Å²) < 4.78 is 2.11. The van der Waals surface area contributed by atoms with Crippen LogP contribution in [0, 0.1) is 13.8 Å². The molecule has 1 amide bonds. The maximum atomic E-state index is 12.3. The van der Waals surface area contributed by atoms with Crippen LogP contribution in [0.2, 0.25) is 0 Å². The third kappa shape index (κ3) is 4.26. The van der Waals surface area contributed by atoms with E-state index >= 15 is 0 Å². The molecule has 0 aliphatic carbocycles. The van der Waals surface area contributed by atoms with Crippen molar-refractivity contribution in [2.75, 3.05) is 5.32 Å². The van der Waals surface area contributed by atoms with E-state index in [9.17, 15) is 9.59 Å². The van der Waals surface area contributed by atoms with E-state index in [2.05, 4.69) is 32.4 Å². The van der Waals surface area contributed by atoms with Crippen LogP contribution in [0.5, 0.6) is 0 Å². The first-order valence-electron chi connectivity index (χ1n) is 8.13. The van der Waals surface area contributed by atoms with Gasteiger partial charge in [0.1, 0.15) is 6.54 Å². The third-order valence-corrected chi connectivity index (χ3v) is 4.47. The summed E-state index contributed by atoms with van der Waals surface area (Å²) in [4.78, 5) is 24.3. The summed E-state index contributed by atoms with van der Waals surface area (Å²) in [7, 11) is 0. The molecule has 0 unspecified atom stereocenters. The van der Waals surface area contributed by atoms with Crippen molar-refractivity contribution >= 4 is 27.5 Å². The first kappa shape index (κ1) is 18.1. The van der Waals surface area contributed by atoms with Gasteiger partial charge < -0.3 is 5.32 Å². The molecule has 3 rings (SSSR count). The highest BCUT2D eigenvalue weighted by Gasteiger charge is 2.10. The van der Waals surface area contributed by atoms with Gasteiger partial charge >= 0.3 is 0 Å². The van der Waals surface area contributed by atoms with E-state index in [1.165, 1.54) is 10.7 Å². The van der Waals surface area contributed by atoms with Crippen LogP contribution in [0.25, 0.3) is 11.3 Å². The first-order chi connectivity index (χ1) is 12.4. The number of aryl methyl sites for hydroxylation is 2. The van der Waals surface area contributed by atoms with E-state index in [1.807, 2.05) is 38.1 Å². The Kier molecular flexibility index (Phi) is 5.32. The molecule has 0 saturated carbocycles. The largest absolute Gasteiger partial charge is 0.324 e. The summed E-state index contributed by atoms with van der Waals surface area (Å²) in [5.74, 6) is -0.306. The van der Waals surface area contributed by atoms with E-state index in [4.69, 9.17) is 0 Å². The van der Waals surface area contributed by atoms with Crippen molar-refractivity contribution in [3.8, 4) is 11.3 Å². The minimum atomic E-state index is -0.315. The molecule has 5 nitrogen and oxygen atoms in total. The number of rotatable bonds is 4. The number of benzene rings is 2. The number of hydrogen-bond acceptors (Lipinski definition) is 3. The van der Waals surface area contributed by atoms with Crippen molar-refractivity contribution in [3.63, 3.8) is 0 Å². The summed E-state index contributed by atoms with van der Waals surface area (Å²) in [6.45, 7) is 3.88. The van der Waals surface area contributed by atoms with Crippen LogP contribution in [0.1, 0.15) is 11.1 Å². The molecule has 0 aliphatic heterocycles. The Hall–Kier alpha value is -2.73. The van der Waals surface area contributed by atoms with Crippen molar-refractivity contribution in [1.29, 1.82) is 0 Å². The van der Waals surface area contributed by atoms with Gasteiger partial charge in [-0.05, 0) is 49.7 Å². The van der Waals surface area contributed by atoms with Crippen molar-refractivity contribution in [1.82, 2.24) is 9.78 Å². The van der Waals surface area contributed by atoms with Crippen molar-refractivity contribution < 1.29 is 4.79 Å².